The normalized spacial score (nSPS) is 10.2. The number of nitrogens with one attached hydrogen (secondary N) is 1. The van der Waals surface area contributed by atoms with Crippen LogP contribution < -0.4 is 19.5 Å². The van der Waals surface area contributed by atoms with E-state index >= 15 is 0 Å². The molecule has 134 valence electrons. The third-order valence-corrected chi connectivity index (χ3v) is 3.88. The Kier molecular flexibility index (Phi) is 6.95. The molecule has 5 nitrogen and oxygen atoms in total. The number of rotatable bonds is 8. The predicted molar refractivity (Wildman–Crippen MR) is 99.1 cm³/mol. The Bertz CT molecular complexity index is 716. The number of halogens is 1. The van der Waals surface area contributed by atoms with E-state index < -0.39 is 0 Å². The summed E-state index contributed by atoms with van der Waals surface area (Å²) >= 11 is 6.05. The molecule has 0 spiro atoms. The molecule has 0 unspecified atom stereocenters. The van der Waals surface area contributed by atoms with E-state index in [1.807, 2.05) is 31.2 Å². The van der Waals surface area contributed by atoms with Gasteiger partial charge in [0.05, 0.1) is 31.5 Å². The molecule has 2 rings (SSSR count). The largest absolute Gasteiger partial charge is 0.495 e. The second-order valence-electron chi connectivity index (χ2n) is 5.50. The van der Waals surface area contributed by atoms with Gasteiger partial charge in [-0.3, -0.25) is 4.79 Å². The summed E-state index contributed by atoms with van der Waals surface area (Å²) in [7, 11) is 3.03. The number of carbonyl (C=O) groups is 1. The number of hydrogen-bond acceptors (Lipinski definition) is 4. The molecule has 0 atom stereocenters. The average molecular weight is 364 g/mol. The molecule has 0 radical (unpaired) electrons. The van der Waals surface area contributed by atoms with E-state index in [-0.39, 0.29) is 5.91 Å². The third-order valence-electron chi connectivity index (χ3n) is 3.59. The van der Waals surface area contributed by atoms with Crippen LogP contribution in [0.1, 0.15) is 18.4 Å². The van der Waals surface area contributed by atoms with Crippen LogP contribution in [0.3, 0.4) is 0 Å². The molecule has 25 heavy (non-hydrogen) atoms. The Morgan fingerprint density at radius 1 is 1.08 bits per heavy atom. The Morgan fingerprint density at radius 2 is 1.76 bits per heavy atom. The van der Waals surface area contributed by atoms with Crippen molar-refractivity contribution in [2.24, 2.45) is 0 Å². The van der Waals surface area contributed by atoms with Gasteiger partial charge in [0.15, 0.2) is 0 Å². The van der Waals surface area contributed by atoms with Crippen molar-refractivity contribution in [2.45, 2.75) is 19.8 Å². The van der Waals surface area contributed by atoms with Crippen LogP contribution in [0.5, 0.6) is 17.2 Å². The number of hydrogen-bond donors (Lipinski definition) is 1. The van der Waals surface area contributed by atoms with Crippen molar-refractivity contribution in [3.8, 4) is 17.2 Å². The van der Waals surface area contributed by atoms with Crippen molar-refractivity contribution >= 4 is 23.2 Å². The highest BCUT2D eigenvalue weighted by atomic mass is 35.5. The van der Waals surface area contributed by atoms with Gasteiger partial charge in [-0.25, -0.2) is 0 Å². The minimum Gasteiger partial charge on any atom is -0.495 e. The van der Waals surface area contributed by atoms with E-state index in [2.05, 4.69) is 5.32 Å². The van der Waals surface area contributed by atoms with E-state index in [0.29, 0.717) is 41.7 Å². The molecule has 0 fully saturated rings. The predicted octanol–water partition coefficient (Wildman–Crippen LogP) is 4.46. The molecular weight excluding hydrogens is 342 g/mol. The summed E-state index contributed by atoms with van der Waals surface area (Å²) in [4.78, 5) is 12.1. The molecule has 0 aliphatic carbocycles. The fourth-order valence-corrected chi connectivity index (χ4v) is 2.46. The standard InChI is InChI=1S/C19H22ClNO4/c1-13-6-8-14(9-7-13)25-10-4-5-19(22)21-16-12-17(23-2)15(20)11-18(16)24-3/h6-9,11-12H,4-5,10H2,1-3H3,(H,21,22). The van der Waals surface area contributed by atoms with Crippen molar-refractivity contribution in [1.82, 2.24) is 0 Å². The number of carbonyl (C=O) groups excluding carboxylic acids is 1. The van der Waals surface area contributed by atoms with Gasteiger partial charge in [0, 0.05) is 18.6 Å². The zero-order chi connectivity index (χ0) is 18.2. The molecule has 0 heterocycles. The first kappa shape index (κ1) is 18.9. The lowest BCUT2D eigenvalue weighted by Crippen LogP contribution is -2.13. The zero-order valence-corrected chi connectivity index (χ0v) is 15.4. The highest BCUT2D eigenvalue weighted by Crippen LogP contribution is 2.35. The maximum absolute atomic E-state index is 12.1. The molecule has 0 aliphatic rings. The first-order valence-corrected chi connectivity index (χ1v) is 8.32. The summed E-state index contributed by atoms with van der Waals surface area (Å²) in [6.07, 6.45) is 0.937. The second kappa shape index (κ2) is 9.18. The molecule has 2 aromatic rings. The molecule has 6 heteroatoms. The summed E-state index contributed by atoms with van der Waals surface area (Å²) in [6.45, 7) is 2.49. The number of benzene rings is 2. The second-order valence-corrected chi connectivity index (χ2v) is 5.91. The number of ether oxygens (including phenoxy) is 3. The van der Waals surface area contributed by atoms with Gasteiger partial charge in [-0.15, -0.1) is 0 Å². The zero-order valence-electron chi connectivity index (χ0n) is 14.6. The summed E-state index contributed by atoms with van der Waals surface area (Å²) in [6, 6.07) is 11.1. The van der Waals surface area contributed by atoms with Crippen LogP contribution in [0.4, 0.5) is 5.69 Å². The molecule has 2 aromatic carbocycles. The Labute approximate surface area is 152 Å². The van der Waals surface area contributed by atoms with Gasteiger partial charge in [0.25, 0.3) is 0 Å². The van der Waals surface area contributed by atoms with E-state index in [0.717, 1.165) is 5.75 Å². The van der Waals surface area contributed by atoms with E-state index in [1.165, 1.54) is 19.8 Å². The summed E-state index contributed by atoms with van der Waals surface area (Å²) in [5, 5.41) is 3.23. The first-order valence-electron chi connectivity index (χ1n) is 7.94. The summed E-state index contributed by atoms with van der Waals surface area (Å²) in [5.41, 5.74) is 1.70. The van der Waals surface area contributed by atoms with Crippen molar-refractivity contribution < 1.29 is 19.0 Å². The number of aryl methyl sites for hydroxylation is 1. The number of anilines is 1. The summed E-state index contributed by atoms with van der Waals surface area (Å²) in [5.74, 6) is 1.63. The smallest absolute Gasteiger partial charge is 0.224 e. The Balaban J connectivity index is 1.84. The van der Waals surface area contributed by atoms with Crippen LogP contribution >= 0.6 is 11.6 Å². The average Bonchev–Trinajstić information content (AvgIpc) is 2.61. The van der Waals surface area contributed by atoms with Gasteiger partial charge < -0.3 is 19.5 Å². The van der Waals surface area contributed by atoms with Crippen molar-refractivity contribution in [3.05, 3.63) is 47.0 Å². The van der Waals surface area contributed by atoms with Gasteiger partial charge in [-0.2, -0.15) is 0 Å². The Morgan fingerprint density at radius 3 is 2.40 bits per heavy atom. The maximum atomic E-state index is 12.1. The van der Waals surface area contributed by atoms with Crippen LogP contribution in [-0.2, 0) is 4.79 Å². The van der Waals surface area contributed by atoms with Gasteiger partial charge in [0.1, 0.15) is 17.2 Å². The van der Waals surface area contributed by atoms with Crippen molar-refractivity contribution in [1.29, 1.82) is 0 Å². The highest BCUT2D eigenvalue weighted by Gasteiger charge is 2.12. The minimum absolute atomic E-state index is 0.129. The van der Waals surface area contributed by atoms with Crippen molar-refractivity contribution in [3.63, 3.8) is 0 Å². The Hall–Kier alpha value is -2.40. The lowest BCUT2D eigenvalue weighted by molar-refractivity contribution is -0.116. The number of amides is 1. The van der Waals surface area contributed by atoms with Gasteiger partial charge in [-0.05, 0) is 25.5 Å². The fraction of sp³-hybridized carbons (Fsp3) is 0.316. The van der Waals surface area contributed by atoms with Crippen LogP contribution in [0, 0.1) is 6.92 Å². The van der Waals surface area contributed by atoms with E-state index in [9.17, 15) is 4.79 Å². The van der Waals surface area contributed by atoms with Crippen LogP contribution in [0.15, 0.2) is 36.4 Å². The molecular formula is C19H22ClNO4. The minimum atomic E-state index is -0.129. The molecule has 1 amide bonds. The van der Waals surface area contributed by atoms with Crippen LogP contribution in [0.2, 0.25) is 5.02 Å². The van der Waals surface area contributed by atoms with E-state index in [4.69, 9.17) is 25.8 Å². The molecule has 0 saturated heterocycles. The fourth-order valence-electron chi connectivity index (χ4n) is 2.23. The van der Waals surface area contributed by atoms with Gasteiger partial charge >= 0.3 is 0 Å². The van der Waals surface area contributed by atoms with Crippen LogP contribution in [-0.4, -0.2) is 26.7 Å². The monoisotopic (exact) mass is 363 g/mol. The lowest BCUT2D eigenvalue weighted by Gasteiger charge is -2.13. The first-order chi connectivity index (χ1) is 12.0. The quantitative estimate of drug-likeness (QED) is 0.703. The summed E-state index contributed by atoms with van der Waals surface area (Å²) < 4.78 is 16.0. The maximum Gasteiger partial charge on any atom is 0.224 e. The SMILES string of the molecule is COc1cc(NC(=O)CCCOc2ccc(C)cc2)c(OC)cc1Cl. The molecule has 0 aliphatic heterocycles. The third kappa shape index (κ3) is 5.57. The molecule has 0 saturated carbocycles. The van der Waals surface area contributed by atoms with Gasteiger partial charge in [0.2, 0.25) is 5.91 Å². The number of methoxy groups -OCH3 is 2. The molecule has 0 aromatic heterocycles. The highest BCUT2D eigenvalue weighted by molar-refractivity contribution is 6.32. The molecule has 1 N–H and O–H groups in total. The van der Waals surface area contributed by atoms with Crippen LogP contribution in [0.25, 0.3) is 0 Å². The van der Waals surface area contributed by atoms with Gasteiger partial charge in [-0.1, -0.05) is 29.3 Å². The van der Waals surface area contributed by atoms with Crippen molar-refractivity contribution in [2.75, 3.05) is 26.1 Å². The molecule has 0 bridgehead atoms. The lowest BCUT2D eigenvalue weighted by atomic mass is 10.2. The topological polar surface area (TPSA) is 56.8 Å². The van der Waals surface area contributed by atoms with E-state index in [1.54, 1.807) is 12.1 Å².